The fraction of sp³-hybridized carbons (Fsp3) is 0.667. The van der Waals surface area contributed by atoms with Crippen LogP contribution in [0.25, 0.3) is 0 Å². The molecule has 1 saturated heterocycles. The van der Waals surface area contributed by atoms with Gasteiger partial charge >= 0.3 is 0 Å². The molecule has 3 aliphatic rings. The lowest BCUT2D eigenvalue weighted by Crippen LogP contribution is -2.40. The van der Waals surface area contributed by atoms with Crippen LogP contribution in [0.4, 0.5) is 0 Å². The summed E-state index contributed by atoms with van der Waals surface area (Å²) in [4.78, 5) is 18.7. The Morgan fingerprint density at radius 1 is 1.12 bits per heavy atom. The fourth-order valence-electron chi connectivity index (χ4n) is 4.95. The number of fused-ring (bicyclic) bond motifs is 1. The number of amides is 1. The van der Waals surface area contributed by atoms with Crippen molar-refractivity contribution >= 4 is 35.8 Å². The van der Waals surface area contributed by atoms with E-state index in [-0.39, 0.29) is 29.4 Å². The van der Waals surface area contributed by atoms with Gasteiger partial charge in [0, 0.05) is 38.0 Å². The highest BCUT2D eigenvalue weighted by Crippen LogP contribution is 2.44. The molecule has 32 heavy (non-hydrogen) atoms. The van der Waals surface area contributed by atoms with Gasteiger partial charge in [-0.2, -0.15) is 0 Å². The van der Waals surface area contributed by atoms with Gasteiger partial charge in [0.25, 0.3) is 0 Å². The Morgan fingerprint density at radius 2 is 1.91 bits per heavy atom. The summed E-state index contributed by atoms with van der Waals surface area (Å²) < 4.78 is 11.5. The van der Waals surface area contributed by atoms with Crippen molar-refractivity contribution in [2.75, 3.05) is 45.9 Å². The molecule has 4 rings (SSSR count). The maximum Gasteiger partial charge on any atom is 0.222 e. The van der Waals surface area contributed by atoms with E-state index in [1.54, 1.807) is 0 Å². The molecule has 0 radical (unpaired) electrons. The molecule has 178 valence electrons. The van der Waals surface area contributed by atoms with Gasteiger partial charge < -0.3 is 25.0 Å². The molecule has 2 fully saturated rings. The second-order valence-electron chi connectivity index (χ2n) is 8.81. The molecule has 7 nitrogen and oxygen atoms in total. The molecule has 2 heterocycles. The van der Waals surface area contributed by atoms with Crippen LogP contribution in [0.1, 0.15) is 57.4 Å². The fourth-order valence-corrected chi connectivity index (χ4v) is 4.95. The quantitative estimate of drug-likeness (QED) is 0.222. The van der Waals surface area contributed by atoms with E-state index >= 15 is 0 Å². The van der Waals surface area contributed by atoms with Crippen LogP contribution in [0.2, 0.25) is 0 Å². The predicted molar refractivity (Wildman–Crippen MR) is 137 cm³/mol. The smallest absolute Gasteiger partial charge is 0.222 e. The van der Waals surface area contributed by atoms with Gasteiger partial charge in [0.1, 0.15) is 13.2 Å². The van der Waals surface area contributed by atoms with Crippen LogP contribution < -0.4 is 20.1 Å². The zero-order valence-electron chi connectivity index (χ0n) is 19.2. The van der Waals surface area contributed by atoms with Crippen molar-refractivity contribution in [3.63, 3.8) is 0 Å². The van der Waals surface area contributed by atoms with E-state index in [1.165, 1.54) is 18.4 Å². The average Bonchev–Trinajstić information content (AvgIpc) is 3.44. The van der Waals surface area contributed by atoms with Crippen LogP contribution in [0.15, 0.2) is 23.2 Å². The summed E-state index contributed by atoms with van der Waals surface area (Å²) in [5, 5.41) is 6.83. The van der Waals surface area contributed by atoms with Gasteiger partial charge in [-0.15, -0.1) is 24.0 Å². The maximum atomic E-state index is 11.8. The van der Waals surface area contributed by atoms with Gasteiger partial charge in [-0.1, -0.05) is 18.9 Å². The second-order valence-corrected chi connectivity index (χ2v) is 8.81. The van der Waals surface area contributed by atoms with E-state index in [4.69, 9.17) is 14.5 Å². The summed E-state index contributed by atoms with van der Waals surface area (Å²) in [5.41, 5.74) is 1.36. The molecule has 1 amide bonds. The molecule has 8 heteroatoms. The molecule has 0 atom stereocenters. The number of hydrogen-bond donors (Lipinski definition) is 2. The Labute approximate surface area is 208 Å². The van der Waals surface area contributed by atoms with Gasteiger partial charge in [-0.25, -0.2) is 0 Å². The third-order valence-corrected chi connectivity index (χ3v) is 6.67. The Balaban J connectivity index is 0.00000289. The number of carbonyl (C=O) groups excluding carboxylic acids is 1. The lowest BCUT2D eigenvalue weighted by Gasteiger charge is -2.30. The Morgan fingerprint density at radius 3 is 2.62 bits per heavy atom. The molecular formula is C24H37IN4O3. The van der Waals surface area contributed by atoms with Crippen LogP contribution >= 0.6 is 24.0 Å². The molecule has 2 N–H and O–H groups in total. The number of halogens is 1. The van der Waals surface area contributed by atoms with Gasteiger partial charge in [-0.3, -0.25) is 9.79 Å². The normalized spacial score (nSPS) is 19.6. The molecule has 0 spiro atoms. The third kappa shape index (κ3) is 5.99. The predicted octanol–water partition coefficient (Wildman–Crippen LogP) is 3.46. The van der Waals surface area contributed by atoms with E-state index in [0.717, 1.165) is 75.9 Å². The minimum absolute atomic E-state index is 0. The zero-order valence-corrected chi connectivity index (χ0v) is 21.5. The minimum atomic E-state index is 0. The third-order valence-electron chi connectivity index (χ3n) is 6.67. The van der Waals surface area contributed by atoms with Crippen molar-refractivity contribution in [3.8, 4) is 11.5 Å². The van der Waals surface area contributed by atoms with Crippen LogP contribution in [-0.4, -0.2) is 62.7 Å². The largest absolute Gasteiger partial charge is 0.486 e. The highest BCUT2D eigenvalue weighted by Gasteiger charge is 2.36. The van der Waals surface area contributed by atoms with E-state index in [9.17, 15) is 4.79 Å². The first-order chi connectivity index (χ1) is 15.2. The van der Waals surface area contributed by atoms with E-state index < -0.39 is 0 Å². The lowest BCUT2D eigenvalue weighted by molar-refractivity contribution is -0.127. The molecule has 1 saturated carbocycles. The number of benzene rings is 1. The standard InChI is InChI=1S/C24H36N4O3.HI/c1-2-25-23(26-12-6-14-28-13-5-7-22(28)29)27-18-24(10-3-4-11-24)19-8-9-20-21(17-19)31-16-15-30-20;/h8-9,17H,2-7,10-16,18H2,1H3,(H2,25,26,27);1H. The summed E-state index contributed by atoms with van der Waals surface area (Å²) in [6, 6.07) is 6.42. The van der Waals surface area contributed by atoms with Crippen molar-refractivity contribution in [1.82, 2.24) is 15.5 Å². The highest BCUT2D eigenvalue weighted by molar-refractivity contribution is 14.0. The summed E-state index contributed by atoms with van der Waals surface area (Å²) >= 11 is 0. The van der Waals surface area contributed by atoms with Crippen molar-refractivity contribution < 1.29 is 14.3 Å². The van der Waals surface area contributed by atoms with Crippen molar-refractivity contribution in [2.45, 2.75) is 57.3 Å². The van der Waals surface area contributed by atoms with E-state index in [0.29, 0.717) is 25.5 Å². The SMILES string of the molecule is CCNC(=NCC1(c2ccc3c(c2)OCCO3)CCCC1)NCCCN1CCCC1=O.I. The number of likely N-dealkylation sites (tertiary alicyclic amines) is 1. The molecule has 1 aromatic carbocycles. The summed E-state index contributed by atoms with van der Waals surface area (Å²) in [6.07, 6.45) is 7.40. The van der Waals surface area contributed by atoms with Crippen LogP contribution in [0, 0.1) is 0 Å². The van der Waals surface area contributed by atoms with E-state index in [1.807, 2.05) is 4.90 Å². The Bertz CT molecular complexity index is 795. The Kier molecular flexibility index (Phi) is 9.31. The Hall–Kier alpha value is -1.71. The van der Waals surface area contributed by atoms with Crippen LogP contribution in [0.3, 0.4) is 0 Å². The highest BCUT2D eigenvalue weighted by atomic mass is 127. The van der Waals surface area contributed by atoms with Crippen LogP contribution in [0.5, 0.6) is 11.5 Å². The molecule has 1 aliphatic carbocycles. The molecular weight excluding hydrogens is 519 g/mol. The number of ether oxygens (including phenoxy) is 2. The molecule has 2 aliphatic heterocycles. The number of nitrogens with zero attached hydrogens (tertiary/aromatic N) is 2. The minimum Gasteiger partial charge on any atom is -0.486 e. The summed E-state index contributed by atoms with van der Waals surface area (Å²) in [6.45, 7) is 7.45. The maximum absolute atomic E-state index is 11.8. The van der Waals surface area contributed by atoms with Gasteiger partial charge in [0.2, 0.25) is 5.91 Å². The van der Waals surface area contributed by atoms with Crippen molar-refractivity contribution in [2.24, 2.45) is 4.99 Å². The molecule has 1 aromatic rings. The summed E-state index contributed by atoms with van der Waals surface area (Å²) in [5.74, 6) is 2.86. The second kappa shape index (κ2) is 12.0. The first kappa shape index (κ1) is 24.9. The lowest BCUT2D eigenvalue weighted by atomic mass is 9.79. The van der Waals surface area contributed by atoms with Gasteiger partial charge in [-0.05, 0) is 50.3 Å². The number of hydrogen-bond acceptors (Lipinski definition) is 4. The molecule has 0 bridgehead atoms. The van der Waals surface area contributed by atoms with Gasteiger partial charge in [0.05, 0.1) is 6.54 Å². The summed E-state index contributed by atoms with van der Waals surface area (Å²) in [7, 11) is 0. The van der Waals surface area contributed by atoms with E-state index in [2.05, 4.69) is 35.8 Å². The van der Waals surface area contributed by atoms with Gasteiger partial charge in [0.15, 0.2) is 17.5 Å². The number of nitrogens with one attached hydrogen (secondary N) is 2. The molecule has 0 aromatic heterocycles. The van der Waals surface area contributed by atoms with Crippen molar-refractivity contribution in [1.29, 1.82) is 0 Å². The number of rotatable bonds is 8. The zero-order chi connectivity index (χ0) is 21.5. The van der Waals surface area contributed by atoms with Crippen molar-refractivity contribution in [3.05, 3.63) is 23.8 Å². The first-order valence-corrected chi connectivity index (χ1v) is 11.9. The monoisotopic (exact) mass is 556 g/mol. The average molecular weight is 556 g/mol. The number of guanidine groups is 1. The topological polar surface area (TPSA) is 75.2 Å². The number of aliphatic imine (C=N–C) groups is 1. The number of carbonyl (C=O) groups is 1. The molecule has 0 unspecified atom stereocenters. The first-order valence-electron chi connectivity index (χ1n) is 11.9. The van der Waals surface area contributed by atoms with Crippen LogP contribution in [-0.2, 0) is 10.2 Å².